The van der Waals surface area contributed by atoms with Gasteiger partial charge in [-0.25, -0.2) is 0 Å². The van der Waals surface area contributed by atoms with Gasteiger partial charge < -0.3 is 19.7 Å². The van der Waals surface area contributed by atoms with Crippen LogP contribution in [0.25, 0.3) is 0 Å². The summed E-state index contributed by atoms with van der Waals surface area (Å²) < 4.78 is 13.0. The molecule has 0 aromatic carbocycles. The van der Waals surface area contributed by atoms with Gasteiger partial charge in [0.1, 0.15) is 0 Å². The number of hydrogen-bond donors (Lipinski definition) is 2. The lowest BCUT2D eigenvalue weighted by Crippen LogP contribution is -2.67. The molecule has 1 aliphatic rings. The fourth-order valence-corrected chi connectivity index (χ4v) is 8.41. The molecule has 1 rings (SSSR count). The summed E-state index contributed by atoms with van der Waals surface area (Å²) in [7, 11) is 1.85. The summed E-state index contributed by atoms with van der Waals surface area (Å²) in [5.74, 6) is 3.76. The minimum absolute atomic E-state index is 0.0275. The number of rotatable bonds is 21. The molecule has 4 nitrogen and oxygen atoms in total. The number of ether oxygens (including phenoxy) is 2. The number of aliphatic hydroxyl groups is 2. The number of unbranched alkanes of at least 4 members (excludes halogenated alkanes) is 1. The minimum Gasteiger partial charge on any atom is -0.393 e. The van der Waals surface area contributed by atoms with Crippen molar-refractivity contribution in [3.8, 4) is 0 Å². The Morgan fingerprint density at radius 3 is 1.98 bits per heavy atom. The maximum atomic E-state index is 11.2. The molecule has 0 aromatic rings. The van der Waals surface area contributed by atoms with E-state index in [0.717, 1.165) is 64.6 Å². The van der Waals surface area contributed by atoms with Gasteiger partial charge in [-0.1, -0.05) is 95.9 Å². The Kier molecular flexibility index (Phi) is 17.0. The molecule has 1 fully saturated rings. The van der Waals surface area contributed by atoms with Crippen LogP contribution in [0.4, 0.5) is 0 Å². The van der Waals surface area contributed by atoms with Gasteiger partial charge in [0.2, 0.25) is 0 Å². The Labute approximate surface area is 257 Å². The Hall–Kier alpha value is -0.160. The predicted molar refractivity (Wildman–Crippen MR) is 176 cm³/mol. The Morgan fingerprint density at radius 2 is 1.49 bits per heavy atom. The molecule has 0 heterocycles. The Balaban J connectivity index is 3.53. The van der Waals surface area contributed by atoms with Crippen molar-refractivity contribution in [3.63, 3.8) is 0 Å². The smallest absolute Gasteiger partial charge is 0.0638 e. The molecule has 0 aliphatic heterocycles. The average molecular weight is 583 g/mol. The zero-order chi connectivity index (χ0) is 31.5. The first-order valence-electron chi connectivity index (χ1n) is 17.5. The van der Waals surface area contributed by atoms with Gasteiger partial charge in [0.25, 0.3) is 0 Å². The first-order chi connectivity index (χ1) is 19.1. The van der Waals surface area contributed by atoms with E-state index in [2.05, 4.69) is 83.1 Å². The van der Waals surface area contributed by atoms with Crippen molar-refractivity contribution in [1.82, 2.24) is 0 Å². The summed E-state index contributed by atoms with van der Waals surface area (Å²) in [4.78, 5) is 0. The molecule has 41 heavy (non-hydrogen) atoms. The molecule has 0 radical (unpaired) electrons. The molecule has 0 aromatic heterocycles. The molecule has 1 saturated carbocycles. The zero-order valence-corrected chi connectivity index (χ0v) is 29.8. The number of methoxy groups -OCH3 is 1. The van der Waals surface area contributed by atoms with Crippen LogP contribution in [0.3, 0.4) is 0 Å². The van der Waals surface area contributed by atoms with E-state index in [-0.39, 0.29) is 29.1 Å². The van der Waals surface area contributed by atoms with E-state index in [9.17, 15) is 10.2 Å². The SMILES string of the molecule is CCCC[C@@H](O)CC(CC[C@H](O)CC)[C@@]1(C)[C@H](C(C)C)[C@H]([C@@H](OCCCC(C)C)[C@H](C)C(C)C(C)(C)C)[C@@H]1COC. The molecule has 1 aliphatic carbocycles. The van der Waals surface area contributed by atoms with Gasteiger partial charge in [0.05, 0.1) is 18.3 Å². The van der Waals surface area contributed by atoms with Gasteiger partial charge in [-0.2, -0.15) is 0 Å². The molecule has 10 atom stereocenters. The van der Waals surface area contributed by atoms with Gasteiger partial charge in [0.15, 0.2) is 0 Å². The van der Waals surface area contributed by atoms with Gasteiger partial charge in [-0.05, 0) is 103 Å². The second kappa shape index (κ2) is 18.0. The second-order valence-corrected chi connectivity index (χ2v) is 16.0. The third-order valence-corrected chi connectivity index (χ3v) is 11.4. The first-order valence-corrected chi connectivity index (χ1v) is 17.5. The van der Waals surface area contributed by atoms with E-state index >= 15 is 0 Å². The minimum atomic E-state index is -0.284. The van der Waals surface area contributed by atoms with E-state index in [4.69, 9.17) is 9.47 Å². The summed E-state index contributed by atoms with van der Waals surface area (Å²) in [6.45, 7) is 29.7. The van der Waals surface area contributed by atoms with Crippen molar-refractivity contribution in [1.29, 1.82) is 0 Å². The molecule has 0 bridgehead atoms. The molecule has 0 saturated heterocycles. The highest BCUT2D eigenvalue weighted by atomic mass is 16.5. The first kappa shape index (κ1) is 38.9. The molecule has 0 amide bonds. The van der Waals surface area contributed by atoms with Crippen molar-refractivity contribution < 1.29 is 19.7 Å². The van der Waals surface area contributed by atoms with Crippen molar-refractivity contribution in [2.45, 2.75) is 159 Å². The molecular formula is C37H74O4. The normalized spacial score (nSPS) is 27.9. The zero-order valence-electron chi connectivity index (χ0n) is 29.8. The standard InChI is InChI=1S/C37H74O4/c1-14-16-19-31(39)23-29(20-21-30(38)15-2)37(12)32(24-40-13)33(34(37)26(5)6)35(41-22-17-18-25(3)4)27(7)28(8)36(9,10)11/h25-35,38-39H,14-24H2,1-13H3/t27-,28?,29?,30-,31-,32+,33-,34-,35+,37-/m1/s1. The van der Waals surface area contributed by atoms with Crippen LogP contribution in [0.15, 0.2) is 0 Å². The lowest BCUT2D eigenvalue weighted by atomic mass is 9.38. The summed E-state index contributed by atoms with van der Waals surface area (Å²) in [6.07, 6.45) is 8.34. The molecule has 2 N–H and O–H groups in total. The molecular weight excluding hydrogens is 508 g/mol. The second-order valence-electron chi connectivity index (χ2n) is 16.0. The van der Waals surface area contributed by atoms with Crippen LogP contribution >= 0.6 is 0 Å². The van der Waals surface area contributed by atoms with E-state index in [1.807, 2.05) is 7.11 Å². The van der Waals surface area contributed by atoms with Crippen LogP contribution in [0, 0.1) is 58.2 Å². The van der Waals surface area contributed by atoms with Gasteiger partial charge in [0, 0.05) is 20.3 Å². The van der Waals surface area contributed by atoms with Gasteiger partial charge >= 0.3 is 0 Å². The fourth-order valence-electron chi connectivity index (χ4n) is 8.41. The number of hydrogen-bond acceptors (Lipinski definition) is 4. The van der Waals surface area contributed by atoms with Crippen LogP contribution in [0.1, 0.15) is 141 Å². The van der Waals surface area contributed by atoms with E-state index in [1.54, 1.807) is 0 Å². The Bertz CT molecular complexity index is 685. The summed E-state index contributed by atoms with van der Waals surface area (Å²) in [5, 5.41) is 21.8. The lowest BCUT2D eigenvalue weighted by molar-refractivity contribution is -0.246. The molecule has 4 heteroatoms. The van der Waals surface area contributed by atoms with Crippen LogP contribution in [0.2, 0.25) is 0 Å². The summed E-state index contributed by atoms with van der Waals surface area (Å²) in [5.41, 5.74) is 0.234. The van der Waals surface area contributed by atoms with Crippen molar-refractivity contribution in [3.05, 3.63) is 0 Å². The van der Waals surface area contributed by atoms with E-state index < -0.39 is 0 Å². The topological polar surface area (TPSA) is 58.9 Å². The monoisotopic (exact) mass is 583 g/mol. The van der Waals surface area contributed by atoms with E-state index in [0.29, 0.717) is 47.3 Å². The van der Waals surface area contributed by atoms with Crippen molar-refractivity contribution in [2.75, 3.05) is 20.3 Å². The predicted octanol–water partition coefficient (Wildman–Crippen LogP) is 9.41. The van der Waals surface area contributed by atoms with E-state index in [1.165, 1.54) is 6.42 Å². The third-order valence-electron chi connectivity index (χ3n) is 11.4. The van der Waals surface area contributed by atoms with Crippen LogP contribution in [0.5, 0.6) is 0 Å². The van der Waals surface area contributed by atoms with Gasteiger partial charge in [-0.15, -0.1) is 0 Å². The average Bonchev–Trinajstić information content (AvgIpc) is 2.89. The highest BCUT2D eigenvalue weighted by molar-refractivity contribution is 5.12. The highest BCUT2D eigenvalue weighted by Crippen LogP contribution is 2.66. The molecule has 246 valence electrons. The van der Waals surface area contributed by atoms with Crippen molar-refractivity contribution in [2.24, 2.45) is 58.2 Å². The third kappa shape index (κ3) is 10.8. The molecule has 0 spiro atoms. The maximum Gasteiger partial charge on any atom is 0.0638 e. The summed E-state index contributed by atoms with van der Waals surface area (Å²) >= 11 is 0. The Morgan fingerprint density at radius 1 is 0.854 bits per heavy atom. The lowest BCUT2D eigenvalue weighted by Gasteiger charge is -2.67. The molecule has 2 unspecified atom stereocenters. The quantitative estimate of drug-likeness (QED) is 0.132. The van der Waals surface area contributed by atoms with Crippen LogP contribution in [-0.4, -0.2) is 48.8 Å². The number of aliphatic hydroxyl groups excluding tert-OH is 2. The fraction of sp³-hybridized carbons (Fsp3) is 1.00. The largest absolute Gasteiger partial charge is 0.393 e. The maximum absolute atomic E-state index is 11.2. The van der Waals surface area contributed by atoms with Crippen LogP contribution < -0.4 is 0 Å². The van der Waals surface area contributed by atoms with Crippen LogP contribution in [-0.2, 0) is 9.47 Å². The van der Waals surface area contributed by atoms with Gasteiger partial charge in [-0.3, -0.25) is 0 Å². The summed E-state index contributed by atoms with van der Waals surface area (Å²) in [6, 6.07) is 0. The highest BCUT2D eigenvalue weighted by Gasteiger charge is 2.65. The van der Waals surface area contributed by atoms with Crippen molar-refractivity contribution >= 4 is 0 Å².